The number of aryl methyl sites for hydroxylation is 1. The maximum Gasteiger partial charge on any atom is 0.416 e. The predicted molar refractivity (Wildman–Crippen MR) is 117 cm³/mol. The van der Waals surface area contributed by atoms with E-state index >= 15 is 0 Å². The Kier molecular flexibility index (Phi) is 6.45. The lowest BCUT2D eigenvalue weighted by Crippen LogP contribution is -2.23. The van der Waals surface area contributed by atoms with Gasteiger partial charge in [-0.15, -0.1) is 11.3 Å². The van der Waals surface area contributed by atoms with E-state index in [4.69, 9.17) is 9.84 Å². The summed E-state index contributed by atoms with van der Waals surface area (Å²) in [5.74, 6) is -0.478. The number of carbonyl (C=O) groups is 1. The van der Waals surface area contributed by atoms with Crippen molar-refractivity contribution in [3.63, 3.8) is 0 Å². The molecule has 10 heteroatoms. The molecule has 0 unspecified atom stereocenters. The number of hydrogen-bond acceptors (Lipinski definition) is 6. The first kappa shape index (κ1) is 22.6. The van der Waals surface area contributed by atoms with Crippen molar-refractivity contribution in [3.05, 3.63) is 64.2 Å². The van der Waals surface area contributed by atoms with E-state index in [1.807, 2.05) is 19.1 Å². The maximum absolute atomic E-state index is 12.8. The minimum atomic E-state index is -4.35. The van der Waals surface area contributed by atoms with Crippen molar-refractivity contribution in [2.24, 2.45) is 0 Å². The Labute approximate surface area is 191 Å². The Balaban J connectivity index is 1.43. The average molecular weight is 481 g/mol. The van der Waals surface area contributed by atoms with Crippen molar-refractivity contribution in [1.29, 1.82) is 0 Å². The van der Waals surface area contributed by atoms with Gasteiger partial charge in [0.2, 0.25) is 0 Å². The van der Waals surface area contributed by atoms with E-state index < -0.39 is 17.7 Å². The molecule has 32 heavy (non-hydrogen) atoms. The van der Waals surface area contributed by atoms with Crippen LogP contribution in [0.2, 0.25) is 0 Å². The van der Waals surface area contributed by atoms with E-state index in [0.29, 0.717) is 17.9 Å². The Morgan fingerprint density at radius 2 is 2.00 bits per heavy atom. The van der Waals surface area contributed by atoms with Crippen LogP contribution in [-0.2, 0) is 23.9 Å². The number of aromatic nitrogens is 1. The smallest absolute Gasteiger partial charge is 0.416 e. The molecular weight excluding hydrogens is 461 g/mol. The number of rotatable bonds is 6. The molecule has 1 N–H and O–H groups in total. The zero-order chi connectivity index (χ0) is 22.9. The molecular formula is C22H19F3N2O3S2. The topological polar surface area (TPSA) is 62.7 Å². The van der Waals surface area contributed by atoms with E-state index in [1.54, 1.807) is 18.0 Å². The molecule has 0 spiro atoms. The first-order valence-corrected chi connectivity index (χ1v) is 11.3. The summed E-state index contributed by atoms with van der Waals surface area (Å²) in [6.07, 6.45) is -3.59. The number of benzene rings is 2. The number of halogens is 3. The summed E-state index contributed by atoms with van der Waals surface area (Å²) in [5, 5.41) is 9.48. The normalized spacial score (nSPS) is 14.2. The third-order valence-electron chi connectivity index (χ3n) is 4.89. The van der Waals surface area contributed by atoms with Crippen molar-refractivity contribution in [1.82, 2.24) is 9.29 Å². The standard InChI is InChI=1S/C22H19F3N2O3S2/c1-13-10-16(6-7-18(13)30-12-20(28)29)32-27-9-8-17-19(11-27)31-21(26-17)14-2-4-15(5-3-14)22(23,24)25/h2-7,10H,8-9,11-12H2,1H3,(H,28,29). The Hall–Kier alpha value is -2.56. The number of ether oxygens (including phenoxy) is 1. The average Bonchev–Trinajstić information content (AvgIpc) is 3.16. The summed E-state index contributed by atoms with van der Waals surface area (Å²) >= 11 is 3.11. The molecule has 2 heterocycles. The second kappa shape index (κ2) is 9.13. The third kappa shape index (κ3) is 5.25. The van der Waals surface area contributed by atoms with Gasteiger partial charge in [0.15, 0.2) is 6.61 Å². The molecule has 0 bridgehead atoms. The van der Waals surface area contributed by atoms with Gasteiger partial charge in [0.1, 0.15) is 10.8 Å². The van der Waals surface area contributed by atoms with Gasteiger partial charge >= 0.3 is 12.1 Å². The molecule has 0 aliphatic carbocycles. The molecule has 1 aromatic heterocycles. The van der Waals surface area contributed by atoms with Crippen molar-refractivity contribution >= 4 is 29.3 Å². The van der Waals surface area contributed by atoms with Gasteiger partial charge in [-0.05, 0) is 54.8 Å². The highest BCUT2D eigenvalue weighted by molar-refractivity contribution is 7.97. The van der Waals surface area contributed by atoms with Crippen molar-refractivity contribution in [3.8, 4) is 16.3 Å². The minimum Gasteiger partial charge on any atom is -0.482 e. The highest BCUT2D eigenvalue weighted by Gasteiger charge is 2.30. The van der Waals surface area contributed by atoms with E-state index in [2.05, 4.69) is 9.29 Å². The lowest BCUT2D eigenvalue weighted by molar-refractivity contribution is -0.139. The first-order valence-electron chi connectivity index (χ1n) is 9.73. The Morgan fingerprint density at radius 1 is 1.25 bits per heavy atom. The molecule has 1 aliphatic rings. The summed E-state index contributed by atoms with van der Waals surface area (Å²) in [6, 6.07) is 10.7. The molecule has 0 fully saturated rings. The largest absolute Gasteiger partial charge is 0.482 e. The van der Waals surface area contributed by atoms with E-state index in [1.165, 1.54) is 23.5 Å². The van der Waals surface area contributed by atoms with Crippen molar-refractivity contribution in [2.45, 2.75) is 31.0 Å². The minimum absolute atomic E-state index is 0.380. The maximum atomic E-state index is 12.8. The van der Waals surface area contributed by atoms with Crippen LogP contribution in [0.1, 0.15) is 21.7 Å². The molecule has 0 saturated carbocycles. The van der Waals surface area contributed by atoms with Gasteiger partial charge in [0.25, 0.3) is 0 Å². The number of hydrogen-bond donors (Lipinski definition) is 1. The van der Waals surface area contributed by atoms with Crippen LogP contribution < -0.4 is 4.74 Å². The van der Waals surface area contributed by atoms with Crippen LogP contribution in [0, 0.1) is 6.92 Å². The van der Waals surface area contributed by atoms with Gasteiger partial charge in [-0.3, -0.25) is 0 Å². The van der Waals surface area contributed by atoms with Crippen LogP contribution in [0.4, 0.5) is 13.2 Å². The molecule has 4 rings (SSSR count). The van der Waals surface area contributed by atoms with Gasteiger partial charge in [-0.1, -0.05) is 12.1 Å². The molecule has 0 saturated heterocycles. The quantitative estimate of drug-likeness (QED) is 0.459. The van der Waals surface area contributed by atoms with Crippen molar-refractivity contribution in [2.75, 3.05) is 13.2 Å². The highest BCUT2D eigenvalue weighted by atomic mass is 32.2. The van der Waals surface area contributed by atoms with Crippen LogP contribution in [0.25, 0.3) is 10.6 Å². The van der Waals surface area contributed by atoms with Crippen molar-refractivity contribution < 1.29 is 27.8 Å². The van der Waals surface area contributed by atoms with Crippen LogP contribution in [-0.4, -0.2) is 33.5 Å². The fraction of sp³-hybridized carbons (Fsp3) is 0.273. The van der Waals surface area contributed by atoms with Gasteiger partial charge < -0.3 is 9.84 Å². The van der Waals surface area contributed by atoms with E-state index in [9.17, 15) is 18.0 Å². The second-order valence-corrected chi connectivity index (χ2v) is 9.53. The van der Waals surface area contributed by atoms with Gasteiger partial charge in [-0.25, -0.2) is 14.1 Å². The lowest BCUT2D eigenvalue weighted by Gasteiger charge is -2.24. The van der Waals surface area contributed by atoms with Crippen LogP contribution in [0.3, 0.4) is 0 Å². The Morgan fingerprint density at radius 3 is 2.66 bits per heavy atom. The van der Waals surface area contributed by atoms with E-state index in [-0.39, 0.29) is 6.61 Å². The number of nitrogens with zero attached hydrogens (tertiary/aromatic N) is 2. The molecule has 1 aliphatic heterocycles. The zero-order valence-electron chi connectivity index (χ0n) is 17.0. The number of carboxylic acid groups (broad SMARTS) is 1. The predicted octanol–water partition coefficient (Wildman–Crippen LogP) is 5.67. The number of thiazole rings is 1. The van der Waals surface area contributed by atoms with Gasteiger partial charge in [-0.2, -0.15) is 13.2 Å². The fourth-order valence-electron chi connectivity index (χ4n) is 3.30. The van der Waals surface area contributed by atoms with Crippen LogP contribution in [0.15, 0.2) is 47.4 Å². The summed E-state index contributed by atoms with van der Waals surface area (Å²) < 4.78 is 45.9. The summed E-state index contributed by atoms with van der Waals surface area (Å²) in [4.78, 5) is 17.5. The molecule has 3 aromatic rings. The molecule has 0 atom stereocenters. The molecule has 0 radical (unpaired) electrons. The monoisotopic (exact) mass is 480 g/mol. The first-order chi connectivity index (χ1) is 15.2. The second-order valence-electron chi connectivity index (χ2n) is 7.28. The van der Waals surface area contributed by atoms with Crippen LogP contribution >= 0.6 is 23.3 Å². The van der Waals surface area contributed by atoms with Gasteiger partial charge in [0.05, 0.1) is 11.3 Å². The Bertz CT molecular complexity index is 1130. The molecule has 5 nitrogen and oxygen atoms in total. The lowest BCUT2D eigenvalue weighted by atomic mass is 10.1. The SMILES string of the molecule is Cc1cc(SN2CCc3nc(-c4ccc(C(F)(F)F)cc4)sc3C2)ccc1OCC(=O)O. The van der Waals surface area contributed by atoms with Gasteiger partial charge in [0, 0.05) is 34.8 Å². The number of alkyl halides is 3. The molecule has 0 amide bonds. The van der Waals surface area contributed by atoms with E-state index in [0.717, 1.165) is 51.1 Å². The fourth-order valence-corrected chi connectivity index (χ4v) is 5.55. The molecule has 2 aromatic carbocycles. The zero-order valence-corrected chi connectivity index (χ0v) is 18.6. The summed E-state index contributed by atoms with van der Waals surface area (Å²) in [6.45, 7) is 2.97. The highest BCUT2D eigenvalue weighted by Crippen LogP contribution is 2.37. The number of carboxylic acids is 1. The van der Waals surface area contributed by atoms with Crippen LogP contribution in [0.5, 0.6) is 5.75 Å². The summed E-state index contributed by atoms with van der Waals surface area (Å²) in [7, 11) is 0. The summed E-state index contributed by atoms with van der Waals surface area (Å²) in [5.41, 5.74) is 1.87. The number of aliphatic carboxylic acids is 1. The molecule has 168 valence electrons. The third-order valence-corrected chi connectivity index (χ3v) is 7.05. The number of fused-ring (bicyclic) bond motifs is 1.